The van der Waals surface area contributed by atoms with Crippen LogP contribution in [-0.2, 0) is 9.59 Å². The summed E-state index contributed by atoms with van der Waals surface area (Å²) in [5.74, 6) is -1.57. The average Bonchev–Trinajstić information content (AvgIpc) is 2.50. The number of nitrogens with one attached hydrogen (secondary N) is 2. The van der Waals surface area contributed by atoms with Gasteiger partial charge in [-0.3, -0.25) is 9.59 Å². The Labute approximate surface area is 121 Å². The molecule has 2 rings (SSSR count). The maximum absolute atomic E-state index is 11.8. The highest BCUT2D eigenvalue weighted by molar-refractivity contribution is 6.43. The lowest BCUT2D eigenvalue weighted by molar-refractivity contribution is -0.133. The number of carbonyl (C=O) groups excluding carboxylic acids is 2. The number of aryl methyl sites for hydroxylation is 1. The van der Waals surface area contributed by atoms with Crippen LogP contribution in [0.1, 0.15) is 11.3 Å². The number of pyridine rings is 1. The molecule has 0 radical (unpaired) electrons. The molecule has 0 fully saturated rings. The maximum Gasteiger partial charge on any atom is 0.314 e. The number of benzene rings is 1. The molecule has 0 unspecified atom stereocenters. The van der Waals surface area contributed by atoms with Crippen molar-refractivity contribution in [2.45, 2.75) is 6.92 Å². The third-order valence-electron chi connectivity index (χ3n) is 2.74. The molecule has 0 saturated heterocycles. The molecule has 6 nitrogen and oxygen atoms in total. The zero-order chi connectivity index (χ0) is 15.2. The van der Waals surface area contributed by atoms with Gasteiger partial charge in [0.05, 0.1) is 11.9 Å². The fraction of sp³-hybridized carbons (Fsp3) is 0.0667. The van der Waals surface area contributed by atoms with Crippen LogP contribution in [0.4, 0.5) is 11.4 Å². The van der Waals surface area contributed by atoms with Crippen LogP contribution in [-0.4, -0.2) is 16.8 Å². The van der Waals surface area contributed by atoms with Gasteiger partial charge in [-0.15, -0.1) is 0 Å². The number of hydrogen-bond donors (Lipinski definition) is 2. The fourth-order valence-corrected chi connectivity index (χ4v) is 1.61. The summed E-state index contributed by atoms with van der Waals surface area (Å²) >= 11 is 0. The second-order valence-electron chi connectivity index (χ2n) is 4.27. The van der Waals surface area contributed by atoms with E-state index >= 15 is 0 Å². The topological polar surface area (TPSA) is 94.9 Å². The molecule has 104 valence electrons. The molecule has 1 heterocycles. The summed E-state index contributed by atoms with van der Waals surface area (Å²) in [5, 5.41) is 13.6. The van der Waals surface area contributed by atoms with E-state index in [9.17, 15) is 9.59 Å². The van der Waals surface area contributed by atoms with Gasteiger partial charge in [-0.25, -0.2) is 4.98 Å². The Morgan fingerprint density at radius 3 is 2.43 bits per heavy atom. The standard InChI is InChI=1S/C15H12N4O2/c1-10-4-2-3-5-13(10)19-15(21)14(20)18-12-7-6-11(8-16)17-9-12/h2-7,9H,1H3,(H,18,20)(H,19,21). The highest BCUT2D eigenvalue weighted by atomic mass is 16.2. The van der Waals surface area contributed by atoms with Crippen LogP contribution in [0, 0.1) is 18.3 Å². The number of nitrogens with zero attached hydrogens (tertiary/aromatic N) is 2. The van der Waals surface area contributed by atoms with Crippen LogP contribution in [0.25, 0.3) is 0 Å². The minimum absolute atomic E-state index is 0.234. The first-order valence-electron chi connectivity index (χ1n) is 6.14. The van der Waals surface area contributed by atoms with E-state index in [0.29, 0.717) is 11.4 Å². The Kier molecular flexibility index (Phi) is 4.26. The van der Waals surface area contributed by atoms with E-state index in [1.807, 2.05) is 25.1 Å². The molecule has 1 aromatic carbocycles. The van der Waals surface area contributed by atoms with Crippen LogP contribution < -0.4 is 10.6 Å². The maximum atomic E-state index is 11.8. The van der Waals surface area contributed by atoms with Gasteiger partial charge < -0.3 is 10.6 Å². The SMILES string of the molecule is Cc1ccccc1NC(=O)C(=O)Nc1ccc(C#N)nc1. The molecule has 1 aromatic heterocycles. The van der Waals surface area contributed by atoms with Crippen molar-refractivity contribution in [2.24, 2.45) is 0 Å². The van der Waals surface area contributed by atoms with Gasteiger partial charge in [0.2, 0.25) is 0 Å². The van der Waals surface area contributed by atoms with Gasteiger partial charge in [-0.2, -0.15) is 5.26 Å². The molecular weight excluding hydrogens is 268 g/mol. The molecule has 0 aliphatic heterocycles. The lowest BCUT2D eigenvalue weighted by atomic mass is 10.2. The molecule has 0 aliphatic carbocycles. The van der Waals surface area contributed by atoms with Gasteiger partial charge in [0.25, 0.3) is 0 Å². The van der Waals surface area contributed by atoms with E-state index in [-0.39, 0.29) is 5.69 Å². The first kappa shape index (κ1) is 14.2. The summed E-state index contributed by atoms with van der Waals surface area (Å²) in [6, 6.07) is 12.0. The van der Waals surface area contributed by atoms with Gasteiger partial charge in [0, 0.05) is 5.69 Å². The van der Waals surface area contributed by atoms with Crippen molar-refractivity contribution >= 4 is 23.2 Å². The zero-order valence-corrected chi connectivity index (χ0v) is 11.3. The summed E-state index contributed by atoms with van der Waals surface area (Å²) in [7, 11) is 0. The van der Waals surface area contributed by atoms with Crippen molar-refractivity contribution < 1.29 is 9.59 Å². The highest BCUT2D eigenvalue weighted by Gasteiger charge is 2.14. The number of hydrogen-bond acceptors (Lipinski definition) is 4. The molecule has 2 N–H and O–H groups in total. The Bertz CT molecular complexity index is 717. The predicted octanol–water partition coefficient (Wildman–Crippen LogP) is 1.84. The summed E-state index contributed by atoms with van der Waals surface area (Å²) in [4.78, 5) is 27.4. The lowest BCUT2D eigenvalue weighted by Crippen LogP contribution is -2.29. The molecule has 0 bridgehead atoms. The molecule has 0 aliphatic rings. The Morgan fingerprint density at radius 1 is 1.10 bits per heavy atom. The quantitative estimate of drug-likeness (QED) is 0.820. The molecule has 0 spiro atoms. The number of rotatable bonds is 2. The monoisotopic (exact) mass is 280 g/mol. The highest BCUT2D eigenvalue weighted by Crippen LogP contribution is 2.13. The second kappa shape index (κ2) is 6.30. The summed E-state index contributed by atoms with van der Waals surface area (Å²) in [6.45, 7) is 1.83. The number of aromatic nitrogens is 1. The van der Waals surface area contributed by atoms with Gasteiger partial charge in [0.15, 0.2) is 0 Å². The van der Waals surface area contributed by atoms with E-state index in [1.165, 1.54) is 18.3 Å². The van der Waals surface area contributed by atoms with Crippen LogP contribution in [0.3, 0.4) is 0 Å². The zero-order valence-electron chi connectivity index (χ0n) is 11.3. The Morgan fingerprint density at radius 2 is 1.81 bits per heavy atom. The number of amides is 2. The van der Waals surface area contributed by atoms with Gasteiger partial charge in [-0.1, -0.05) is 18.2 Å². The molecule has 21 heavy (non-hydrogen) atoms. The smallest absolute Gasteiger partial charge is 0.314 e. The van der Waals surface area contributed by atoms with Gasteiger partial charge in [-0.05, 0) is 30.7 Å². The van der Waals surface area contributed by atoms with Crippen molar-refractivity contribution in [3.63, 3.8) is 0 Å². The lowest BCUT2D eigenvalue weighted by Gasteiger charge is -2.08. The summed E-state index contributed by atoms with van der Waals surface area (Å²) < 4.78 is 0. The van der Waals surface area contributed by atoms with Crippen LogP contribution in [0.5, 0.6) is 0 Å². The normalized spacial score (nSPS) is 9.52. The van der Waals surface area contributed by atoms with E-state index in [4.69, 9.17) is 5.26 Å². The van der Waals surface area contributed by atoms with Gasteiger partial charge in [0.1, 0.15) is 11.8 Å². The Hall–Kier alpha value is -3.20. The molecule has 6 heteroatoms. The summed E-state index contributed by atoms with van der Waals surface area (Å²) in [5.41, 5.74) is 2.02. The molecule has 2 amide bonds. The largest absolute Gasteiger partial charge is 0.318 e. The van der Waals surface area contributed by atoms with Crippen LogP contribution in [0.2, 0.25) is 0 Å². The van der Waals surface area contributed by atoms with Crippen molar-refractivity contribution in [3.05, 3.63) is 53.9 Å². The van der Waals surface area contributed by atoms with Crippen molar-refractivity contribution in [1.82, 2.24) is 4.98 Å². The molecule has 0 atom stereocenters. The number of anilines is 2. The molecular formula is C15H12N4O2. The van der Waals surface area contributed by atoms with Crippen LogP contribution >= 0.6 is 0 Å². The predicted molar refractivity (Wildman–Crippen MR) is 77.4 cm³/mol. The minimum atomic E-state index is -0.801. The number of nitriles is 1. The van der Waals surface area contributed by atoms with E-state index in [1.54, 1.807) is 12.1 Å². The minimum Gasteiger partial charge on any atom is -0.318 e. The summed E-state index contributed by atoms with van der Waals surface area (Å²) in [6.07, 6.45) is 1.32. The van der Waals surface area contributed by atoms with Crippen molar-refractivity contribution in [1.29, 1.82) is 5.26 Å². The molecule has 2 aromatic rings. The van der Waals surface area contributed by atoms with Crippen molar-refractivity contribution in [2.75, 3.05) is 10.6 Å². The Balaban J connectivity index is 2.01. The third kappa shape index (κ3) is 3.64. The first-order chi connectivity index (χ1) is 10.1. The van der Waals surface area contributed by atoms with E-state index in [2.05, 4.69) is 15.6 Å². The third-order valence-corrected chi connectivity index (χ3v) is 2.74. The number of para-hydroxylation sites is 1. The van der Waals surface area contributed by atoms with Gasteiger partial charge >= 0.3 is 11.8 Å². The van der Waals surface area contributed by atoms with Crippen LogP contribution in [0.15, 0.2) is 42.6 Å². The average molecular weight is 280 g/mol. The first-order valence-corrected chi connectivity index (χ1v) is 6.14. The van der Waals surface area contributed by atoms with E-state index in [0.717, 1.165) is 5.56 Å². The van der Waals surface area contributed by atoms with Crippen molar-refractivity contribution in [3.8, 4) is 6.07 Å². The number of carbonyl (C=O) groups is 2. The van der Waals surface area contributed by atoms with E-state index < -0.39 is 11.8 Å². The fourth-order valence-electron chi connectivity index (χ4n) is 1.61. The molecule has 0 saturated carbocycles. The second-order valence-corrected chi connectivity index (χ2v) is 4.27.